The van der Waals surface area contributed by atoms with Crippen LogP contribution in [0.5, 0.6) is 0 Å². The summed E-state index contributed by atoms with van der Waals surface area (Å²) in [6, 6.07) is 5.52. The van der Waals surface area contributed by atoms with Crippen LogP contribution in [0.15, 0.2) is 24.3 Å². The molecule has 1 aromatic carbocycles. The van der Waals surface area contributed by atoms with E-state index in [2.05, 4.69) is 5.32 Å². The van der Waals surface area contributed by atoms with Crippen LogP contribution in [0.25, 0.3) is 0 Å². The lowest BCUT2D eigenvalue weighted by molar-refractivity contribution is -0.384. The lowest BCUT2D eigenvalue weighted by Crippen LogP contribution is -2.46. The SMILES string of the molecule is O=C(NC1CCCCC1)C(c1cccc([N+](=O)[O-])c1)N1CC2(CCCCC2)CC1=O. The Hall–Kier alpha value is -2.44. The quantitative estimate of drug-likeness (QED) is 0.576. The van der Waals surface area contributed by atoms with Crippen LogP contribution >= 0.6 is 0 Å². The Morgan fingerprint density at radius 2 is 1.83 bits per heavy atom. The minimum Gasteiger partial charge on any atom is -0.351 e. The van der Waals surface area contributed by atoms with Gasteiger partial charge >= 0.3 is 0 Å². The van der Waals surface area contributed by atoms with E-state index in [1.807, 2.05) is 0 Å². The molecule has 30 heavy (non-hydrogen) atoms. The molecule has 0 bridgehead atoms. The number of nitrogens with zero attached hydrogens (tertiary/aromatic N) is 2. The summed E-state index contributed by atoms with van der Waals surface area (Å²) in [6.45, 7) is 0.567. The number of likely N-dealkylation sites (tertiary alicyclic amines) is 1. The zero-order chi connectivity index (χ0) is 21.1. The predicted molar refractivity (Wildman–Crippen MR) is 113 cm³/mol. The Bertz CT molecular complexity index is 812. The molecular weight excluding hydrogens is 382 g/mol. The molecule has 2 amide bonds. The highest BCUT2D eigenvalue weighted by Gasteiger charge is 2.47. The minimum atomic E-state index is -0.805. The van der Waals surface area contributed by atoms with Gasteiger partial charge in [0.2, 0.25) is 11.8 Å². The van der Waals surface area contributed by atoms with Gasteiger partial charge in [-0.15, -0.1) is 0 Å². The average molecular weight is 414 g/mol. The van der Waals surface area contributed by atoms with E-state index in [4.69, 9.17) is 0 Å². The Labute approximate surface area is 177 Å². The van der Waals surface area contributed by atoms with Crippen molar-refractivity contribution in [1.82, 2.24) is 10.2 Å². The first-order valence-electron chi connectivity index (χ1n) is 11.3. The van der Waals surface area contributed by atoms with Crippen LogP contribution in [0.2, 0.25) is 0 Å². The van der Waals surface area contributed by atoms with Gasteiger partial charge in [0.05, 0.1) is 4.92 Å². The second-order valence-corrected chi connectivity index (χ2v) is 9.36. The highest BCUT2D eigenvalue weighted by atomic mass is 16.6. The van der Waals surface area contributed by atoms with Gasteiger partial charge in [-0.3, -0.25) is 19.7 Å². The van der Waals surface area contributed by atoms with Gasteiger partial charge in [0.1, 0.15) is 6.04 Å². The summed E-state index contributed by atoms with van der Waals surface area (Å²) >= 11 is 0. The second kappa shape index (κ2) is 8.74. The molecule has 1 unspecified atom stereocenters. The van der Waals surface area contributed by atoms with Crippen molar-refractivity contribution in [2.75, 3.05) is 6.54 Å². The third-order valence-electron chi connectivity index (χ3n) is 7.17. The first-order chi connectivity index (χ1) is 14.5. The lowest BCUT2D eigenvalue weighted by Gasteiger charge is -2.35. The number of benzene rings is 1. The number of non-ortho nitro benzene ring substituents is 1. The number of hydrogen-bond acceptors (Lipinski definition) is 4. The van der Waals surface area contributed by atoms with E-state index in [9.17, 15) is 19.7 Å². The highest BCUT2D eigenvalue weighted by Crippen LogP contribution is 2.46. The van der Waals surface area contributed by atoms with Gasteiger partial charge in [-0.05, 0) is 36.7 Å². The van der Waals surface area contributed by atoms with Crippen LogP contribution in [0.4, 0.5) is 5.69 Å². The van der Waals surface area contributed by atoms with E-state index >= 15 is 0 Å². The third kappa shape index (κ3) is 4.35. The summed E-state index contributed by atoms with van der Waals surface area (Å²) in [5.41, 5.74) is 0.431. The lowest BCUT2D eigenvalue weighted by atomic mass is 9.73. The maximum Gasteiger partial charge on any atom is 0.269 e. The number of hydrogen-bond donors (Lipinski definition) is 1. The number of nitro benzene ring substituents is 1. The maximum absolute atomic E-state index is 13.4. The number of carbonyl (C=O) groups is 2. The molecule has 1 aliphatic heterocycles. The zero-order valence-electron chi connectivity index (χ0n) is 17.5. The molecule has 1 aromatic rings. The highest BCUT2D eigenvalue weighted by molar-refractivity contribution is 5.90. The van der Waals surface area contributed by atoms with E-state index in [0.29, 0.717) is 18.5 Å². The van der Waals surface area contributed by atoms with Crippen LogP contribution in [-0.2, 0) is 9.59 Å². The van der Waals surface area contributed by atoms with Crippen molar-refractivity contribution in [2.24, 2.45) is 5.41 Å². The first-order valence-corrected chi connectivity index (χ1v) is 11.3. The van der Waals surface area contributed by atoms with E-state index in [-0.39, 0.29) is 29.0 Å². The molecule has 0 radical (unpaired) electrons. The molecule has 3 fully saturated rings. The van der Waals surface area contributed by atoms with Crippen molar-refractivity contribution in [3.8, 4) is 0 Å². The topological polar surface area (TPSA) is 92.5 Å². The van der Waals surface area contributed by atoms with Crippen molar-refractivity contribution in [1.29, 1.82) is 0 Å². The van der Waals surface area contributed by atoms with E-state index in [1.54, 1.807) is 17.0 Å². The summed E-state index contributed by atoms with van der Waals surface area (Å²) < 4.78 is 0. The Morgan fingerprint density at radius 3 is 2.53 bits per heavy atom. The van der Waals surface area contributed by atoms with Gasteiger partial charge in [0, 0.05) is 31.1 Å². The van der Waals surface area contributed by atoms with Crippen LogP contribution in [-0.4, -0.2) is 34.2 Å². The fraction of sp³-hybridized carbons (Fsp3) is 0.652. The van der Waals surface area contributed by atoms with E-state index < -0.39 is 11.0 Å². The van der Waals surface area contributed by atoms with Gasteiger partial charge in [0.15, 0.2) is 0 Å². The second-order valence-electron chi connectivity index (χ2n) is 9.36. The third-order valence-corrected chi connectivity index (χ3v) is 7.17. The van der Waals surface area contributed by atoms with Crippen LogP contribution in [0.1, 0.15) is 82.2 Å². The fourth-order valence-corrected chi connectivity index (χ4v) is 5.61. The van der Waals surface area contributed by atoms with E-state index in [0.717, 1.165) is 51.4 Å². The van der Waals surface area contributed by atoms with Crippen molar-refractivity contribution in [3.63, 3.8) is 0 Å². The van der Waals surface area contributed by atoms with Crippen LogP contribution < -0.4 is 5.32 Å². The van der Waals surface area contributed by atoms with Gasteiger partial charge in [-0.2, -0.15) is 0 Å². The van der Waals surface area contributed by atoms with Gasteiger partial charge in [-0.1, -0.05) is 50.7 Å². The van der Waals surface area contributed by atoms with Crippen molar-refractivity contribution < 1.29 is 14.5 Å². The molecule has 4 rings (SSSR count). The monoisotopic (exact) mass is 413 g/mol. The molecule has 1 N–H and O–H groups in total. The average Bonchev–Trinajstić information content (AvgIpc) is 3.04. The van der Waals surface area contributed by atoms with Crippen molar-refractivity contribution in [2.45, 2.75) is 82.7 Å². The summed E-state index contributed by atoms with van der Waals surface area (Å²) in [6.07, 6.45) is 11.2. The Kier molecular flexibility index (Phi) is 6.06. The Balaban J connectivity index is 1.63. The van der Waals surface area contributed by atoms with Crippen LogP contribution in [0.3, 0.4) is 0 Å². The molecule has 3 aliphatic rings. The predicted octanol–water partition coefficient (Wildman–Crippen LogP) is 4.27. The summed E-state index contributed by atoms with van der Waals surface area (Å²) in [7, 11) is 0. The summed E-state index contributed by atoms with van der Waals surface area (Å²) in [4.78, 5) is 39.1. The fourth-order valence-electron chi connectivity index (χ4n) is 5.61. The molecule has 7 heteroatoms. The van der Waals surface area contributed by atoms with E-state index in [1.165, 1.54) is 25.0 Å². The maximum atomic E-state index is 13.4. The summed E-state index contributed by atoms with van der Waals surface area (Å²) in [5.74, 6) is -0.212. The smallest absolute Gasteiger partial charge is 0.269 e. The Morgan fingerprint density at radius 1 is 1.13 bits per heavy atom. The van der Waals surface area contributed by atoms with Crippen molar-refractivity contribution in [3.05, 3.63) is 39.9 Å². The van der Waals surface area contributed by atoms with Gasteiger partial charge in [0.25, 0.3) is 5.69 Å². The summed E-state index contributed by atoms with van der Waals surface area (Å²) in [5, 5.41) is 14.5. The molecule has 7 nitrogen and oxygen atoms in total. The molecule has 162 valence electrons. The van der Waals surface area contributed by atoms with Gasteiger partial charge in [-0.25, -0.2) is 0 Å². The first kappa shape index (κ1) is 20.8. The molecule has 1 spiro atoms. The number of carbonyl (C=O) groups excluding carboxylic acids is 2. The molecule has 1 heterocycles. The standard InChI is InChI=1S/C23H31N3O4/c27-20-15-23(12-5-2-6-13-23)16-25(20)21(17-8-7-11-19(14-17)26(29)30)22(28)24-18-9-3-1-4-10-18/h7-8,11,14,18,21H,1-6,9-10,12-13,15-16H2,(H,24,28). The molecule has 1 saturated heterocycles. The minimum absolute atomic E-state index is 0.00722. The number of nitro groups is 1. The van der Waals surface area contributed by atoms with Crippen molar-refractivity contribution >= 4 is 17.5 Å². The molecule has 0 aromatic heterocycles. The number of rotatable bonds is 5. The largest absolute Gasteiger partial charge is 0.351 e. The molecule has 1 atom stereocenters. The normalized spacial score (nSPS) is 22.8. The molecule has 2 saturated carbocycles. The van der Waals surface area contributed by atoms with Gasteiger partial charge < -0.3 is 10.2 Å². The zero-order valence-corrected chi connectivity index (χ0v) is 17.5. The number of amides is 2. The molecule has 2 aliphatic carbocycles. The number of nitrogens with one attached hydrogen (secondary N) is 1. The van der Waals surface area contributed by atoms with Crippen LogP contribution in [0, 0.1) is 15.5 Å². The molecular formula is C23H31N3O4.